The predicted molar refractivity (Wildman–Crippen MR) is 491 cm³/mol. The first-order chi connectivity index (χ1) is 49.4. The Balaban J connectivity index is -0.0000000515. The van der Waals surface area contributed by atoms with Crippen LogP contribution in [0, 0.1) is 0 Å². The van der Waals surface area contributed by atoms with Gasteiger partial charge >= 0.3 is 0 Å². The van der Waals surface area contributed by atoms with Crippen molar-refractivity contribution < 1.29 is 0 Å². The van der Waals surface area contributed by atoms with Gasteiger partial charge in [0.25, 0.3) is 0 Å². The first kappa shape index (κ1) is 138. The number of hydrogen-bond donors (Lipinski definition) is 0. The Morgan fingerprint density at radius 2 is 0.0808 bits per heavy atom. The minimum absolute atomic E-state index is 1.25. The maximum atomic E-state index is 2.12. The van der Waals surface area contributed by atoms with E-state index in [1.165, 1.54) is 430 Å². The third kappa shape index (κ3) is 310. The Hall–Kier alpha value is 0. The Bertz CT molecular complexity index is 470. The average Bonchev–Trinajstić information content (AvgIpc) is 4.34. The maximum Gasteiger partial charge on any atom is -0.0533 e. The molecule has 0 aromatic heterocycles. The molecule has 0 heterocycles. The lowest BCUT2D eigenvalue weighted by Gasteiger charge is -2.05. The van der Waals surface area contributed by atoms with Gasteiger partial charge in [-0.05, 0) is 0 Å². The van der Waals surface area contributed by atoms with Gasteiger partial charge < -0.3 is 0 Å². The highest BCUT2D eigenvalue weighted by atomic mass is 14.1. The molecule has 0 unspecified atom stereocenters. The molecule has 18 fully saturated rings. The lowest BCUT2D eigenvalue weighted by Crippen LogP contribution is -1.85. The van der Waals surface area contributed by atoms with E-state index in [-0.39, 0.29) is 0 Å². The van der Waals surface area contributed by atoms with Gasteiger partial charge in [0.05, 0.1) is 0 Å². The van der Waals surface area contributed by atoms with Crippen molar-refractivity contribution in [3.05, 3.63) is 0 Å². The summed E-state index contributed by atoms with van der Waals surface area (Å²) in [4.78, 5) is 0. The van der Waals surface area contributed by atoms with Gasteiger partial charge in [0.15, 0.2) is 0 Å². The van der Waals surface area contributed by atoms with Crippen LogP contribution in [0.4, 0.5) is 0 Å². The second-order valence-corrected chi connectivity index (χ2v) is 24.0. The van der Waals surface area contributed by atoms with Gasteiger partial charge in [0.2, 0.25) is 0 Å². The van der Waals surface area contributed by atoms with Crippen LogP contribution in [0.15, 0.2) is 0 Å². The quantitative estimate of drug-likeness (QED) is 0.227. The molecule has 0 amide bonds. The molecule has 18 aliphatic carbocycles. The van der Waals surface area contributed by atoms with Crippen molar-refractivity contribution >= 4 is 0 Å². The van der Waals surface area contributed by atoms with Gasteiger partial charge in [-0.1, -0.05) is 652 Å². The molecular formula is C99H230. The molecule has 0 spiro atoms. The smallest absolute Gasteiger partial charge is 0.0533 e. The topological polar surface area (TPSA) is 0 Å². The molecule has 0 saturated heterocycles. The minimum Gasteiger partial charge on any atom is -0.0683 e. The van der Waals surface area contributed by atoms with Crippen molar-refractivity contribution in [1.82, 2.24) is 0 Å². The van der Waals surface area contributed by atoms with E-state index < -0.39 is 0 Å². The standard InChI is InChI=1S/12C4H8.6C3H6.C3H8.15C2H6/c12*1-2-4-3-1;6*1-2-3-1;1-3-2;15*1-2/h12*1-4H2;6*1-3H2;3H2,1-2H3;15*1-2H3. The van der Waals surface area contributed by atoms with Crippen LogP contribution in [0.5, 0.6) is 0 Å². The van der Waals surface area contributed by atoms with Crippen LogP contribution >= 0.6 is 0 Å². The fourth-order valence-electron chi connectivity index (χ4n) is 3.00. The predicted octanol–water partition coefficient (Wildman–Crippen LogP) is 42.6. The molecule has 18 aliphatic rings. The number of rotatable bonds is 0. The lowest BCUT2D eigenvalue weighted by atomic mass is 10.0. The van der Waals surface area contributed by atoms with E-state index in [1.54, 1.807) is 0 Å². The molecule has 0 radical (unpaired) electrons. The van der Waals surface area contributed by atoms with Crippen molar-refractivity contribution in [3.8, 4) is 0 Å². The summed E-state index contributed by atoms with van der Waals surface area (Å²) in [6.07, 6.45) is 100. The van der Waals surface area contributed by atoms with Crippen molar-refractivity contribution in [2.75, 3.05) is 0 Å². The number of hydrogen-bond acceptors (Lipinski definition) is 0. The van der Waals surface area contributed by atoms with E-state index in [0.717, 1.165) is 0 Å². The Kier molecular flexibility index (Phi) is 286. The van der Waals surface area contributed by atoms with Crippen molar-refractivity contribution in [1.29, 1.82) is 0 Å². The summed E-state index contributed by atoms with van der Waals surface area (Å²) in [5, 5.41) is 0. The Labute approximate surface area is 648 Å². The van der Waals surface area contributed by atoms with Crippen LogP contribution in [-0.2, 0) is 0 Å². The van der Waals surface area contributed by atoms with Gasteiger partial charge in [-0.2, -0.15) is 0 Å². The molecule has 0 heteroatoms. The molecule has 0 nitrogen and oxygen atoms in total. The van der Waals surface area contributed by atoms with Crippen LogP contribution in [0.25, 0.3) is 0 Å². The van der Waals surface area contributed by atoms with Gasteiger partial charge in [-0.3, -0.25) is 0 Å². The molecule has 0 aromatic rings. The fourth-order valence-corrected chi connectivity index (χ4v) is 3.00. The van der Waals surface area contributed by atoms with Crippen molar-refractivity contribution in [2.24, 2.45) is 0 Å². The highest BCUT2D eigenvalue weighted by Gasteiger charge is 2.01. The molecule has 0 aromatic carbocycles. The van der Waals surface area contributed by atoms with Gasteiger partial charge in [-0.25, -0.2) is 0 Å². The van der Waals surface area contributed by atoms with Gasteiger partial charge in [0.1, 0.15) is 0 Å². The van der Waals surface area contributed by atoms with Crippen LogP contribution in [0.1, 0.15) is 652 Å². The summed E-state index contributed by atoms with van der Waals surface area (Å²) in [7, 11) is 0. The van der Waals surface area contributed by atoms with Crippen LogP contribution in [0.2, 0.25) is 0 Å². The highest BCUT2D eigenvalue weighted by Crippen LogP contribution is 2.21. The summed E-state index contributed by atoms with van der Waals surface area (Å²) in [5.74, 6) is 0. The van der Waals surface area contributed by atoms with E-state index in [0.29, 0.717) is 0 Å². The largest absolute Gasteiger partial charge is 0.0683 e. The second-order valence-electron chi connectivity index (χ2n) is 24.0. The first-order valence-electron chi connectivity index (χ1n) is 49.4. The first-order valence-corrected chi connectivity index (χ1v) is 49.4. The third-order valence-corrected chi connectivity index (χ3v) is 14.1. The zero-order chi connectivity index (χ0) is 79.4. The lowest BCUT2D eigenvalue weighted by molar-refractivity contribution is 0.504. The molecule has 0 N–H and O–H groups in total. The minimum atomic E-state index is 1.25. The second kappa shape index (κ2) is 205. The molecule has 626 valence electrons. The SMILES string of the molecule is C1CC1.C1CC1.C1CC1.C1CC1.C1CC1.C1CC1.C1CCC1.C1CCC1.C1CCC1.C1CCC1.C1CCC1.C1CCC1.C1CCC1.C1CCC1.C1CCC1.C1CCC1.C1CCC1.C1CCC1.CC.CC.CC.CC.CC.CC.CC.CC.CC.CC.CC.CC.CC.CC.CC.CCC. The summed E-state index contributed by atoms with van der Waals surface area (Å²) in [6.45, 7) is 64.2. The van der Waals surface area contributed by atoms with Crippen molar-refractivity contribution in [3.63, 3.8) is 0 Å². The zero-order valence-corrected chi connectivity index (χ0v) is 79.4. The molecule has 0 aliphatic heterocycles. The van der Waals surface area contributed by atoms with E-state index in [1.807, 2.05) is 208 Å². The fraction of sp³-hybridized carbons (Fsp3) is 1.00. The average molecular weight is 1420 g/mol. The maximum absolute atomic E-state index is 2.12. The zero-order valence-electron chi connectivity index (χ0n) is 79.4. The van der Waals surface area contributed by atoms with Crippen LogP contribution in [-0.4, -0.2) is 0 Å². The summed E-state index contributed by atoms with van der Waals surface area (Å²) < 4.78 is 0. The molecular weight excluding hydrogens is 1190 g/mol. The Morgan fingerprint density at radius 1 is 0.0707 bits per heavy atom. The molecule has 18 saturated carbocycles. The third-order valence-electron chi connectivity index (χ3n) is 14.1. The van der Waals surface area contributed by atoms with Crippen molar-refractivity contribution in [2.45, 2.75) is 652 Å². The van der Waals surface area contributed by atoms with Gasteiger partial charge in [-0.15, -0.1) is 0 Å². The normalized spacial score (nSPS) is 17.1. The van der Waals surface area contributed by atoms with Crippen LogP contribution in [0.3, 0.4) is 0 Å². The van der Waals surface area contributed by atoms with E-state index >= 15 is 0 Å². The summed E-state index contributed by atoms with van der Waals surface area (Å²) in [5.41, 5.74) is 0. The van der Waals surface area contributed by atoms with E-state index in [9.17, 15) is 0 Å². The van der Waals surface area contributed by atoms with E-state index in [4.69, 9.17) is 0 Å². The molecule has 0 bridgehead atoms. The van der Waals surface area contributed by atoms with Gasteiger partial charge in [0, 0.05) is 0 Å². The Morgan fingerprint density at radius 3 is 0.0808 bits per heavy atom. The molecule has 0 atom stereocenters. The highest BCUT2D eigenvalue weighted by molar-refractivity contribution is 4.57. The summed E-state index contributed by atoms with van der Waals surface area (Å²) >= 11 is 0. The molecule has 99 heavy (non-hydrogen) atoms. The molecule has 18 rings (SSSR count). The van der Waals surface area contributed by atoms with E-state index in [2.05, 4.69) is 13.8 Å². The monoisotopic (exact) mass is 1420 g/mol. The summed E-state index contributed by atoms with van der Waals surface area (Å²) in [6, 6.07) is 0. The van der Waals surface area contributed by atoms with Crippen LogP contribution < -0.4 is 0 Å².